The maximum absolute atomic E-state index is 14.6. The first-order valence-corrected chi connectivity index (χ1v) is 17.2. The molecule has 46 heavy (non-hydrogen) atoms. The molecule has 0 bridgehead atoms. The molecule has 0 saturated heterocycles. The van der Waals surface area contributed by atoms with E-state index in [0.717, 1.165) is 47.5 Å². The standard InChI is InChI=1S/C37H41N3O5S/c1-45-33-22-14-21-32(26-33)40(46(43,44)34-23-12-5-13-24-34)28-36(41)39(27-30-17-8-3-9-18-30)35(25-29-15-6-2-7-16-29)37(42)38-31-19-10-4-11-20-31/h2-3,5-9,12-18,21-24,26,31,35H,4,10-11,19-20,25,27-28H2,1H3,(H,38,42)/t35-/m0/s1. The number of benzene rings is 4. The van der Waals surface area contributed by atoms with E-state index in [-0.39, 0.29) is 35.5 Å². The molecule has 4 aromatic carbocycles. The summed E-state index contributed by atoms with van der Waals surface area (Å²) in [5.41, 5.74) is 2.01. The number of hydrogen-bond acceptors (Lipinski definition) is 5. The van der Waals surface area contributed by atoms with Crippen molar-refractivity contribution in [2.45, 2.75) is 62.0 Å². The van der Waals surface area contributed by atoms with Gasteiger partial charge >= 0.3 is 0 Å². The summed E-state index contributed by atoms with van der Waals surface area (Å²) in [6.45, 7) is -0.383. The Kier molecular flexibility index (Phi) is 11.1. The molecule has 0 heterocycles. The van der Waals surface area contributed by atoms with E-state index in [2.05, 4.69) is 5.32 Å². The minimum Gasteiger partial charge on any atom is -0.497 e. The van der Waals surface area contributed by atoms with Gasteiger partial charge in [-0.25, -0.2) is 8.42 Å². The van der Waals surface area contributed by atoms with E-state index in [1.807, 2.05) is 60.7 Å². The molecule has 0 aromatic heterocycles. The molecule has 2 amide bonds. The van der Waals surface area contributed by atoms with Gasteiger partial charge in [-0.2, -0.15) is 0 Å². The van der Waals surface area contributed by atoms with Gasteiger partial charge in [-0.15, -0.1) is 0 Å². The van der Waals surface area contributed by atoms with Crippen LogP contribution in [0.5, 0.6) is 5.75 Å². The molecule has 4 aromatic rings. The predicted molar refractivity (Wildman–Crippen MR) is 180 cm³/mol. The maximum atomic E-state index is 14.6. The minimum absolute atomic E-state index is 0.0416. The Morgan fingerprint density at radius 2 is 1.41 bits per heavy atom. The van der Waals surface area contributed by atoms with Gasteiger partial charge in [0.1, 0.15) is 18.3 Å². The van der Waals surface area contributed by atoms with Crippen LogP contribution in [0, 0.1) is 0 Å². The van der Waals surface area contributed by atoms with Crippen LogP contribution in [-0.4, -0.2) is 50.9 Å². The first kappa shape index (κ1) is 32.8. The predicted octanol–water partition coefficient (Wildman–Crippen LogP) is 5.98. The molecule has 1 aliphatic carbocycles. The average Bonchev–Trinajstić information content (AvgIpc) is 3.10. The van der Waals surface area contributed by atoms with Gasteiger partial charge in [0.25, 0.3) is 10.0 Å². The number of hydrogen-bond donors (Lipinski definition) is 1. The van der Waals surface area contributed by atoms with Crippen molar-refractivity contribution >= 4 is 27.5 Å². The number of nitrogens with zero attached hydrogens (tertiary/aromatic N) is 2. The van der Waals surface area contributed by atoms with E-state index in [0.29, 0.717) is 5.75 Å². The van der Waals surface area contributed by atoms with Crippen LogP contribution in [0.3, 0.4) is 0 Å². The fourth-order valence-corrected chi connectivity index (χ4v) is 7.32. The normalized spacial score (nSPS) is 14.2. The van der Waals surface area contributed by atoms with Crippen LogP contribution < -0.4 is 14.4 Å². The number of rotatable bonds is 13. The zero-order chi connectivity index (χ0) is 32.4. The summed E-state index contributed by atoms with van der Waals surface area (Å²) >= 11 is 0. The zero-order valence-electron chi connectivity index (χ0n) is 26.1. The van der Waals surface area contributed by atoms with Crippen molar-refractivity contribution in [3.05, 3.63) is 126 Å². The van der Waals surface area contributed by atoms with Crippen molar-refractivity contribution in [1.29, 1.82) is 0 Å². The highest BCUT2D eigenvalue weighted by atomic mass is 32.2. The van der Waals surface area contributed by atoms with Crippen molar-refractivity contribution in [1.82, 2.24) is 10.2 Å². The fraction of sp³-hybridized carbons (Fsp3) is 0.297. The van der Waals surface area contributed by atoms with E-state index in [1.165, 1.54) is 24.1 Å². The number of carbonyl (C=O) groups is 2. The lowest BCUT2D eigenvalue weighted by molar-refractivity contribution is -0.140. The molecule has 0 unspecified atom stereocenters. The topological polar surface area (TPSA) is 96.0 Å². The smallest absolute Gasteiger partial charge is 0.264 e. The molecule has 1 fully saturated rings. The van der Waals surface area contributed by atoms with Crippen molar-refractivity contribution in [2.24, 2.45) is 0 Å². The van der Waals surface area contributed by atoms with E-state index < -0.39 is 28.5 Å². The highest BCUT2D eigenvalue weighted by Crippen LogP contribution is 2.28. The van der Waals surface area contributed by atoms with Crippen molar-refractivity contribution in [3.8, 4) is 5.75 Å². The van der Waals surface area contributed by atoms with E-state index in [9.17, 15) is 18.0 Å². The third kappa shape index (κ3) is 8.34. The van der Waals surface area contributed by atoms with E-state index in [4.69, 9.17) is 4.74 Å². The van der Waals surface area contributed by atoms with E-state index >= 15 is 0 Å². The number of methoxy groups -OCH3 is 1. The van der Waals surface area contributed by atoms with Crippen LogP contribution in [0.2, 0.25) is 0 Å². The van der Waals surface area contributed by atoms with E-state index in [1.54, 1.807) is 42.5 Å². The molecular formula is C37H41N3O5S. The Bertz CT molecular complexity index is 1680. The van der Waals surface area contributed by atoms with Gasteiger partial charge in [-0.05, 0) is 48.2 Å². The second kappa shape index (κ2) is 15.6. The van der Waals surface area contributed by atoms with Gasteiger partial charge in [-0.3, -0.25) is 13.9 Å². The molecule has 0 radical (unpaired) electrons. The monoisotopic (exact) mass is 639 g/mol. The number of ether oxygens (including phenoxy) is 1. The zero-order valence-corrected chi connectivity index (χ0v) is 26.9. The van der Waals surface area contributed by atoms with Crippen molar-refractivity contribution in [3.63, 3.8) is 0 Å². The van der Waals surface area contributed by atoms with Crippen molar-refractivity contribution < 1.29 is 22.7 Å². The van der Waals surface area contributed by atoms with Crippen LogP contribution in [0.4, 0.5) is 5.69 Å². The van der Waals surface area contributed by atoms with Gasteiger partial charge < -0.3 is 15.0 Å². The van der Waals surface area contributed by atoms with Gasteiger partial charge in [0.15, 0.2) is 0 Å². The van der Waals surface area contributed by atoms with Crippen LogP contribution >= 0.6 is 0 Å². The lowest BCUT2D eigenvalue weighted by atomic mass is 9.94. The summed E-state index contributed by atoms with van der Waals surface area (Å²) in [5.74, 6) is -0.280. The lowest BCUT2D eigenvalue weighted by Crippen LogP contribution is -2.55. The molecule has 0 aliphatic heterocycles. The number of sulfonamides is 1. The summed E-state index contributed by atoms with van der Waals surface area (Å²) in [7, 11) is -2.68. The van der Waals surface area contributed by atoms with Gasteiger partial charge in [-0.1, -0.05) is 104 Å². The Labute approximate surface area is 272 Å². The molecule has 5 rings (SSSR count). The van der Waals surface area contributed by atoms with Gasteiger partial charge in [0.05, 0.1) is 17.7 Å². The van der Waals surface area contributed by atoms with Crippen LogP contribution in [0.15, 0.2) is 120 Å². The number of nitrogens with one attached hydrogen (secondary N) is 1. The second-order valence-corrected chi connectivity index (χ2v) is 13.4. The lowest BCUT2D eigenvalue weighted by Gasteiger charge is -2.35. The summed E-state index contributed by atoms with van der Waals surface area (Å²) in [6.07, 6.45) is 5.32. The minimum atomic E-state index is -4.18. The van der Waals surface area contributed by atoms with Crippen LogP contribution in [0.1, 0.15) is 43.2 Å². The first-order chi connectivity index (χ1) is 22.3. The number of carbonyl (C=O) groups excluding carboxylic acids is 2. The van der Waals surface area contributed by atoms with Gasteiger partial charge in [0, 0.05) is 25.1 Å². The molecule has 8 nitrogen and oxygen atoms in total. The third-order valence-electron chi connectivity index (χ3n) is 8.37. The van der Waals surface area contributed by atoms with Crippen molar-refractivity contribution in [2.75, 3.05) is 18.0 Å². The molecule has 9 heteroatoms. The quantitative estimate of drug-likeness (QED) is 0.194. The molecule has 1 saturated carbocycles. The number of amides is 2. The number of anilines is 1. The largest absolute Gasteiger partial charge is 0.497 e. The summed E-state index contributed by atoms with van der Waals surface area (Å²) in [4.78, 5) is 30.3. The Balaban J connectivity index is 1.55. The SMILES string of the molecule is COc1cccc(N(CC(=O)N(Cc2ccccc2)[C@@H](Cc2ccccc2)C(=O)NC2CCCCC2)S(=O)(=O)c2ccccc2)c1. The summed E-state index contributed by atoms with van der Waals surface area (Å²) < 4.78 is 34.8. The second-order valence-electron chi connectivity index (χ2n) is 11.6. The molecule has 1 atom stereocenters. The third-order valence-corrected chi connectivity index (χ3v) is 10.2. The highest BCUT2D eigenvalue weighted by molar-refractivity contribution is 7.92. The summed E-state index contributed by atoms with van der Waals surface area (Å²) in [6, 6.07) is 32.9. The molecule has 1 N–H and O–H groups in total. The molecule has 240 valence electrons. The fourth-order valence-electron chi connectivity index (χ4n) is 5.89. The van der Waals surface area contributed by atoms with Crippen LogP contribution in [-0.2, 0) is 32.6 Å². The molecular weight excluding hydrogens is 598 g/mol. The van der Waals surface area contributed by atoms with Gasteiger partial charge in [0.2, 0.25) is 11.8 Å². The average molecular weight is 640 g/mol. The molecule has 0 spiro atoms. The molecule has 1 aliphatic rings. The van der Waals surface area contributed by atoms with Crippen LogP contribution in [0.25, 0.3) is 0 Å². The maximum Gasteiger partial charge on any atom is 0.264 e. The first-order valence-electron chi connectivity index (χ1n) is 15.7. The summed E-state index contributed by atoms with van der Waals surface area (Å²) in [5, 5.41) is 3.24. The highest BCUT2D eigenvalue weighted by Gasteiger charge is 2.35. The Hall–Kier alpha value is -4.63. The Morgan fingerprint density at radius 1 is 0.804 bits per heavy atom. The Morgan fingerprint density at radius 3 is 2.04 bits per heavy atom.